The van der Waals surface area contributed by atoms with Crippen molar-refractivity contribution in [3.63, 3.8) is 0 Å². The van der Waals surface area contributed by atoms with Gasteiger partial charge in [0.25, 0.3) is 0 Å². The molecule has 0 saturated carbocycles. The lowest BCUT2D eigenvalue weighted by molar-refractivity contribution is -0.0557. The maximum atomic E-state index is 11.8. The van der Waals surface area contributed by atoms with Crippen molar-refractivity contribution < 1.29 is 14.3 Å². The third-order valence-corrected chi connectivity index (χ3v) is 2.96. The predicted octanol–water partition coefficient (Wildman–Crippen LogP) is 2.20. The number of ether oxygens (including phenoxy) is 2. The van der Waals surface area contributed by atoms with Crippen molar-refractivity contribution in [3.8, 4) is 0 Å². The number of esters is 1. The highest BCUT2D eigenvalue weighted by Crippen LogP contribution is 2.20. The first-order chi connectivity index (χ1) is 8.29. The number of carbonyl (C=O) groups excluding carboxylic acids is 1. The average Bonchev–Trinajstić information content (AvgIpc) is 2.40. The zero-order chi connectivity index (χ0) is 12.1. The second-order valence-corrected chi connectivity index (χ2v) is 4.19. The molecule has 0 aromatic carbocycles. The van der Waals surface area contributed by atoms with Crippen molar-refractivity contribution in [2.45, 2.75) is 38.4 Å². The molecule has 1 fully saturated rings. The molecule has 0 amide bonds. The van der Waals surface area contributed by atoms with E-state index < -0.39 is 0 Å². The Labute approximate surface area is 101 Å². The molecular formula is C13H17NO3. The minimum Gasteiger partial charge on any atom is -0.459 e. The van der Waals surface area contributed by atoms with Crippen LogP contribution < -0.4 is 0 Å². The van der Waals surface area contributed by atoms with E-state index in [1.165, 1.54) is 0 Å². The topological polar surface area (TPSA) is 48.4 Å². The van der Waals surface area contributed by atoms with E-state index in [1.807, 2.05) is 0 Å². The first kappa shape index (κ1) is 12.0. The molecule has 0 aliphatic carbocycles. The summed E-state index contributed by atoms with van der Waals surface area (Å²) in [5.74, 6) is -0.269. The van der Waals surface area contributed by atoms with E-state index in [1.54, 1.807) is 24.5 Å². The highest BCUT2D eigenvalue weighted by atomic mass is 16.6. The normalized spacial score (nSPS) is 24.3. The Morgan fingerprint density at radius 3 is 3.00 bits per heavy atom. The summed E-state index contributed by atoms with van der Waals surface area (Å²) in [6.45, 7) is 2.75. The van der Waals surface area contributed by atoms with Crippen LogP contribution in [0.2, 0.25) is 0 Å². The standard InChI is InChI=1S/C13H17NO3/c1-2-11-9-12(5-8-16-11)17-13(15)10-3-6-14-7-4-10/h3-4,6-7,11-12H,2,5,8-9H2,1H3/t11-,12+/m0/s1. The van der Waals surface area contributed by atoms with Gasteiger partial charge in [-0.25, -0.2) is 4.79 Å². The SMILES string of the molecule is CC[C@H]1C[C@H](OC(=O)c2ccncc2)CCO1. The van der Waals surface area contributed by atoms with Gasteiger partial charge >= 0.3 is 5.97 Å². The first-order valence-electron chi connectivity index (χ1n) is 6.02. The second kappa shape index (κ2) is 5.77. The fraction of sp³-hybridized carbons (Fsp3) is 0.538. The van der Waals surface area contributed by atoms with Gasteiger partial charge < -0.3 is 9.47 Å². The molecule has 17 heavy (non-hydrogen) atoms. The van der Waals surface area contributed by atoms with Crippen LogP contribution in [0, 0.1) is 0 Å². The number of pyridine rings is 1. The minimum atomic E-state index is -0.269. The van der Waals surface area contributed by atoms with Gasteiger partial charge in [-0.05, 0) is 18.6 Å². The van der Waals surface area contributed by atoms with Crippen LogP contribution in [0.25, 0.3) is 0 Å². The van der Waals surface area contributed by atoms with Gasteiger partial charge in [0.1, 0.15) is 6.10 Å². The van der Waals surface area contributed by atoms with Crippen LogP contribution in [0.15, 0.2) is 24.5 Å². The van der Waals surface area contributed by atoms with Gasteiger partial charge in [0.05, 0.1) is 18.3 Å². The molecule has 2 rings (SSSR count). The molecule has 0 unspecified atom stereocenters. The van der Waals surface area contributed by atoms with E-state index in [9.17, 15) is 4.79 Å². The molecule has 1 aromatic heterocycles. The molecule has 1 aromatic rings. The minimum absolute atomic E-state index is 0.0191. The molecule has 4 nitrogen and oxygen atoms in total. The number of hydrogen-bond acceptors (Lipinski definition) is 4. The molecule has 1 saturated heterocycles. The van der Waals surface area contributed by atoms with Crippen molar-refractivity contribution in [1.29, 1.82) is 0 Å². The maximum absolute atomic E-state index is 11.8. The lowest BCUT2D eigenvalue weighted by Crippen LogP contribution is -2.32. The molecule has 1 aliphatic rings. The van der Waals surface area contributed by atoms with Gasteiger partial charge in [-0.3, -0.25) is 4.98 Å². The van der Waals surface area contributed by atoms with Crippen molar-refractivity contribution in [1.82, 2.24) is 4.98 Å². The van der Waals surface area contributed by atoms with E-state index in [-0.39, 0.29) is 18.2 Å². The van der Waals surface area contributed by atoms with E-state index in [4.69, 9.17) is 9.47 Å². The third-order valence-electron chi connectivity index (χ3n) is 2.96. The van der Waals surface area contributed by atoms with Crippen LogP contribution in [0.5, 0.6) is 0 Å². The van der Waals surface area contributed by atoms with Gasteiger partial charge in [-0.15, -0.1) is 0 Å². The molecule has 0 radical (unpaired) electrons. The predicted molar refractivity (Wildman–Crippen MR) is 62.7 cm³/mol. The van der Waals surface area contributed by atoms with E-state index in [0.29, 0.717) is 12.2 Å². The molecule has 4 heteroatoms. The zero-order valence-electron chi connectivity index (χ0n) is 9.96. The molecule has 0 spiro atoms. The summed E-state index contributed by atoms with van der Waals surface area (Å²) in [4.78, 5) is 15.7. The Kier molecular flexibility index (Phi) is 4.09. The second-order valence-electron chi connectivity index (χ2n) is 4.19. The summed E-state index contributed by atoms with van der Waals surface area (Å²) in [5, 5.41) is 0. The van der Waals surface area contributed by atoms with Gasteiger partial charge in [-0.2, -0.15) is 0 Å². The first-order valence-corrected chi connectivity index (χ1v) is 6.02. The third kappa shape index (κ3) is 3.27. The maximum Gasteiger partial charge on any atom is 0.338 e. The molecule has 1 aliphatic heterocycles. The average molecular weight is 235 g/mol. The van der Waals surface area contributed by atoms with Crippen LogP contribution in [-0.4, -0.2) is 29.8 Å². The van der Waals surface area contributed by atoms with Crippen molar-refractivity contribution in [2.75, 3.05) is 6.61 Å². The summed E-state index contributed by atoms with van der Waals surface area (Å²) in [6, 6.07) is 3.33. The highest BCUT2D eigenvalue weighted by molar-refractivity contribution is 5.89. The molecule has 0 bridgehead atoms. The van der Waals surface area contributed by atoms with Gasteiger partial charge in [0.2, 0.25) is 0 Å². The van der Waals surface area contributed by atoms with E-state index in [2.05, 4.69) is 11.9 Å². The largest absolute Gasteiger partial charge is 0.459 e. The lowest BCUT2D eigenvalue weighted by Gasteiger charge is -2.28. The molecular weight excluding hydrogens is 218 g/mol. The lowest BCUT2D eigenvalue weighted by atomic mass is 10.0. The smallest absolute Gasteiger partial charge is 0.338 e. The van der Waals surface area contributed by atoms with E-state index in [0.717, 1.165) is 19.3 Å². The monoisotopic (exact) mass is 235 g/mol. The number of nitrogens with zero attached hydrogens (tertiary/aromatic N) is 1. The van der Waals surface area contributed by atoms with Gasteiger partial charge in [-0.1, -0.05) is 6.92 Å². The summed E-state index contributed by atoms with van der Waals surface area (Å²) >= 11 is 0. The molecule has 0 N–H and O–H groups in total. The van der Waals surface area contributed by atoms with Crippen molar-refractivity contribution in [3.05, 3.63) is 30.1 Å². The van der Waals surface area contributed by atoms with Crippen LogP contribution in [0.4, 0.5) is 0 Å². The van der Waals surface area contributed by atoms with Crippen LogP contribution >= 0.6 is 0 Å². The fourth-order valence-electron chi connectivity index (χ4n) is 1.94. The zero-order valence-corrected chi connectivity index (χ0v) is 9.96. The van der Waals surface area contributed by atoms with Gasteiger partial charge in [0.15, 0.2) is 0 Å². The molecule has 2 heterocycles. The Morgan fingerprint density at radius 1 is 1.53 bits per heavy atom. The highest BCUT2D eigenvalue weighted by Gasteiger charge is 2.24. The van der Waals surface area contributed by atoms with Crippen LogP contribution in [-0.2, 0) is 9.47 Å². The van der Waals surface area contributed by atoms with E-state index >= 15 is 0 Å². The summed E-state index contributed by atoms with van der Waals surface area (Å²) in [6.07, 6.45) is 5.93. The number of rotatable bonds is 3. The summed E-state index contributed by atoms with van der Waals surface area (Å²) in [7, 11) is 0. The summed E-state index contributed by atoms with van der Waals surface area (Å²) < 4.78 is 11.0. The molecule has 2 atom stereocenters. The Morgan fingerprint density at radius 2 is 2.29 bits per heavy atom. The Balaban J connectivity index is 1.90. The number of carbonyl (C=O) groups is 1. The number of aromatic nitrogens is 1. The van der Waals surface area contributed by atoms with Crippen LogP contribution in [0.3, 0.4) is 0 Å². The Bertz CT molecular complexity index is 366. The van der Waals surface area contributed by atoms with Gasteiger partial charge in [0, 0.05) is 25.2 Å². The van der Waals surface area contributed by atoms with Crippen LogP contribution in [0.1, 0.15) is 36.5 Å². The summed E-state index contributed by atoms with van der Waals surface area (Å²) in [5.41, 5.74) is 0.555. The van der Waals surface area contributed by atoms with Crippen molar-refractivity contribution in [2.24, 2.45) is 0 Å². The fourth-order valence-corrected chi connectivity index (χ4v) is 1.94. The number of hydrogen-bond donors (Lipinski definition) is 0. The molecule has 92 valence electrons. The van der Waals surface area contributed by atoms with Crippen molar-refractivity contribution >= 4 is 5.97 Å². The quantitative estimate of drug-likeness (QED) is 0.753. The Hall–Kier alpha value is -1.42.